The number of halogens is 1. The molecule has 0 spiro atoms. The third kappa shape index (κ3) is 4.97. The molecule has 3 rings (SSSR count). The minimum atomic E-state index is -0.246. The molecule has 1 aliphatic heterocycles. The average molecular weight is 423 g/mol. The molecule has 0 fully saturated rings. The molecule has 8 heteroatoms. The molecule has 0 atom stereocenters. The lowest BCUT2D eigenvalue weighted by Gasteiger charge is -2.29. The Kier molecular flexibility index (Phi) is 6.80. The highest BCUT2D eigenvalue weighted by Gasteiger charge is 2.24. The van der Waals surface area contributed by atoms with Crippen molar-refractivity contribution in [2.24, 2.45) is 0 Å². The number of rotatable bonds is 8. The van der Waals surface area contributed by atoms with Crippen molar-refractivity contribution in [1.82, 2.24) is 9.80 Å². The summed E-state index contributed by atoms with van der Waals surface area (Å²) in [4.78, 5) is 29.5. The quantitative estimate of drug-likeness (QED) is 0.611. The zero-order valence-corrected chi connectivity index (χ0v) is 17.5. The molecule has 1 aromatic carbocycles. The maximum absolute atomic E-state index is 13.1. The van der Waals surface area contributed by atoms with Gasteiger partial charge in [-0.3, -0.25) is 9.59 Å². The third-order valence-corrected chi connectivity index (χ3v) is 5.54. The maximum atomic E-state index is 13.1. The summed E-state index contributed by atoms with van der Waals surface area (Å²) in [5.74, 6) is 0.876. The van der Waals surface area contributed by atoms with E-state index in [1.165, 1.54) is 4.90 Å². The van der Waals surface area contributed by atoms with Crippen molar-refractivity contribution in [3.63, 3.8) is 0 Å². The molecule has 1 aromatic heterocycles. The van der Waals surface area contributed by atoms with E-state index in [2.05, 4.69) is 0 Å². The zero-order chi connectivity index (χ0) is 20.1. The molecule has 0 unspecified atom stereocenters. The third-order valence-electron chi connectivity index (χ3n) is 4.45. The molecule has 150 valence electrons. The van der Waals surface area contributed by atoms with Gasteiger partial charge in [0.05, 0.1) is 6.54 Å². The molecule has 0 aliphatic carbocycles. The van der Waals surface area contributed by atoms with Gasteiger partial charge in [0.2, 0.25) is 18.6 Å². The Bertz CT molecular complexity index is 826. The van der Waals surface area contributed by atoms with Gasteiger partial charge >= 0.3 is 0 Å². The maximum Gasteiger partial charge on any atom is 0.242 e. The number of carbonyl (C=O) groups excluding carboxylic acids is 2. The molecule has 2 amide bonds. The van der Waals surface area contributed by atoms with E-state index in [1.807, 2.05) is 49.6 Å². The summed E-state index contributed by atoms with van der Waals surface area (Å²) in [7, 11) is 0. The standard InChI is InChI=1S/C20H23ClN2O4S/c1-14(2)23(19(24)9-21)12-20(25)22(11-16-4-3-7-28-16)10-15-5-6-17-18(8-15)27-13-26-17/h3-8,14H,9-13H2,1-2H3. The number of nitrogens with zero attached hydrogens (tertiary/aromatic N) is 2. The van der Waals surface area contributed by atoms with Crippen LogP contribution in [-0.4, -0.2) is 46.9 Å². The number of amides is 2. The Hall–Kier alpha value is -2.25. The molecule has 0 radical (unpaired) electrons. The van der Waals surface area contributed by atoms with Crippen LogP contribution in [0.4, 0.5) is 0 Å². The fourth-order valence-electron chi connectivity index (χ4n) is 2.96. The largest absolute Gasteiger partial charge is 0.454 e. The number of ether oxygens (including phenoxy) is 2. The summed E-state index contributed by atoms with van der Waals surface area (Å²) in [6.45, 7) is 4.85. The second-order valence-corrected chi connectivity index (χ2v) is 8.07. The molecule has 28 heavy (non-hydrogen) atoms. The van der Waals surface area contributed by atoms with Crippen LogP contribution in [0.2, 0.25) is 0 Å². The molecule has 2 heterocycles. The van der Waals surface area contributed by atoms with E-state index in [-0.39, 0.29) is 37.1 Å². The first-order valence-electron chi connectivity index (χ1n) is 9.02. The Balaban J connectivity index is 1.78. The lowest BCUT2D eigenvalue weighted by Crippen LogP contribution is -2.46. The van der Waals surface area contributed by atoms with E-state index in [4.69, 9.17) is 21.1 Å². The van der Waals surface area contributed by atoms with Gasteiger partial charge in [-0.25, -0.2) is 0 Å². The van der Waals surface area contributed by atoms with Crippen molar-refractivity contribution >= 4 is 34.8 Å². The lowest BCUT2D eigenvalue weighted by molar-refractivity contribution is -0.141. The number of alkyl halides is 1. The van der Waals surface area contributed by atoms with Gasteiger partial charge in [-0.2, -0.15) is 0 Å². The summed E-state index contributed by atoms with van der Waals surface area (Å²) in [6.07, 6.45) is 0. The second kappa shape index (κ2) is 9.30. The van der Waals surface area contributed by atoms with Crippen molar-refractivity contribution in [1.29, 1.82) is 0 Å². The first kappa shape index (κ1) is 20.5. The van der Waals surface area contributed by atoms with Crippen LogP contribution < -0.4 is 9.47 Å². The molecule has 0 N–H and O–H groups in total. The minimum absolute atomic E-state index is 0.000846. The topological polar surface area (TPSA) is 59.1 Å². The first-order valence-corrected chi connectivity index (χ1v) is 10.4. The smallest absolute Gasteiger partial charge is 0.242 e. The van der Waals surface area contributed by atoms with E-state index >= 15 is 0 Å². The molecule has 0 saturated heterocycles. The van der Waals surface area contributed by atoms with E-state index < -0.39 is 0 Å². The van der Waals surface area contributed by atoms with Crippen LogP contribution in [0.25, 0.3) is 0 Å². The number of hydrogen-bond acceptors (Lipinski definition) is 5. The number of fused-ring (bicyclic) bond motifs is 1. The number of carbonyl (C=O) groups is 2. The van der Waals surface area contributed by atoms with E-state index in [0.29, 0.717) is 24.6 Å². The lowest BCUT2D eigenvalue weighted by atomic mass is 10.1. The Morgan fingerprint density at radius 2 is 1.93 bits per heavy atom. The predicted molar refractivity (Wildman–Crippen MR) is 109 cm³/mol. The van der Waals surface area contributed by atoms with Crippen LogP contribution in [-0.2, 0) is 22.7 Å². The zero-order valence-electron chi connectivity index (χ0n) is 15.9. The molecule has 0 saturated carbocycles. The summed E-state index contributed by atoms with van der Waals surface area (Å²) in [6, 6.07) is 9.51. The van der Waals surface area contributed by atoms with E-state index in [1.54, 1.807) is 16.2 Å². The highest BCUT2D eigenvalue weighted by molar-refractivity contribution is 7.09. The SMILES string of the molecule is CC(C)N(CC(=O)N(Cc1ccc2c(c1)OCO2)Cc1cccs1)C(=O)CCl. The van der Waals surface area contributed by atoms with E-state index in [0.717, 1.165) is 10.4 Å². The van der Waals surface area contributed by atoms with Crippen LogP contribution in [0.15, 0.2) is 35.7 Å². The normalized spacial score (nSPS) is 12.3. The Morgan fingerprint density at radius 1 is 1.14 bits per heavy atom. The van der Waals surface area contributed by atoms with E-state index in [9.17, 15) is 9.59 Å². The molecule has 6 nitrogen and oxygen atoms in total. The minimum Gasteiger partial charge on any atom is -0.454 e. The highest BCUT2D eigenvalue weighted by Crippen LogP contribution is 2.33. The van der Waals surface area contributed by atoms with Gasteiger partial charge in [-0.05, 0) is 43.0 Å². The van der Waals surface area contributed by atoms with Gasteiger partial charge < -0.3 is 19.3 Å². The summed E-state index contributed by atoms with van der Waals surface area (Å²) in [5.41, 5.74) is 0.939. The van der Waals surface area contributed by atoms with Gasteiger partial charge in [0.25, 0.3) is 0 Å². The van der Waals surface area contributed by atoms with Gasteiger partial charge in [-0.1, -0.05) is 12.1 Å². The molecule has 1 aliphatic rings. The second-order valence-electron chi connectivity index (χ2n) is 6.77. The fourth-order valence-corrected chi connectivity index (χ4v) is 3.84. The molecular formula is C20H23ClN2O4S. The monoisotopic (exact) mass is 422 g/mol. The Labute approximate surface area is 173 Å². The van der Waals surface area contributed by atoms with Crippen molar-refractivity contribution in [3.05, 3.63) is 46.2 Å². The summed E-state index contributed by atoms with van der Waals surface area (Å²) >= 11 is 7.31. The Morgan fingerprint density at radius 3 is 2.61 bits per heavy atom. The number of thiophene rings is 1. The van der Waals surface area contributed by atoms with Crippen molar-refractivity contribution < 1.29 is 19.1 Å². The number of benzene rings is 1. The number of hydrogen-bond donors (Lipinski definition) is 0. The van der Waals surface area contributed by atoms with Gasteiger partial charge in [0, 0.05) is 17.5 Å². The van der Waals surface area contributed by atoms with Crippen LogP contribution in [0.1, 0.15) is 24.3 Å². The van der Waals surface area contributed by atoms with Crippen molar-refractivity contribution in [2.75, 3.05) is 19.2 Å². The molecular weight excluding hydrogens is 400 g/mol. The predicted octanol–water partition coefficient (Wildman–Crippen LogP) is 3.48. The summed E-state index contributed by atoms with van der Waals surface area (Å²) in [5, 5.41) is 1.98. The van der Waals surface area contributed by atoms with Gasteiger partial charge in [-0.15, -0.1) is 22.9 Å². The van der Waals surface area contributed by atoms with Crippen LogP contribution in [0.5, 0.6) is 11.5 Å². The molecule has 0 bridgehead atoms. The van der Waals surface area contributed by atoms with Crippen LogP contribution in [0, 0.1) is 0 Å². The fraction of sp³-hybridized carbons (Fsp3) is 0.400. The van der Waals surface area contributed by atoms with Crippen molar-refractivity contribution in [3.8, 4) is 11.5 Å². The summed E-state index contributed by atoms with van der Waals surface area (Å²) < 4.78 is 10.8. The van der Waals surface area contributed by atoms with Gasteiger partial charge in [0.1, 0.15) is 12.4 Å². The van der Waals surface area contributed by atoms with Crippen molar-refractivity contribution in [2.45, 2.75) is 33.0 Å². The van der Waals surface area contributed by atoms with Crippen LogP contribution in [0.3, 0.4) is 0 Å². The van der Waals surface area contributed by atoms with Crippen LogP contribution >= 0.6 is 22.9 Å². The van der Waals surface area contributed by atoms with Gasteiger partial charge in [0.15, 0.2) is 11.5 Å². The highest BCUT2D eigenvalue weighted by atomic mass is 35.5. The average Bonchev–Trinajstić information content (AvgIpc) is 3.35. The first-order chi connectivity index (χ1) is 13.5. The molecule has 2 aromatic rings.